The van der Waals surface area contributed by atoms with Crippen molar-refractivity contribution in [3.63, 3.8) is 0 Å². The smallest absolute Gasteiger partial charge is 0.317 e. The minimum Gasteiger partial charge on any atom is -0.494 e. The van der Waals surface area contributed by atoms with Crippen LogP contribution in [0.2, 0.25) is 0 Å². The van der Waals surface area contributed by atoms with E-state index in [1.165, 1.54) is 31.2 Å². The lowest BCUT2D eigenvalue weighted by Crippen LogP contribution is -2.39. The third kappa shape index (κ3) is 5.68. The molecule has 0 aliphatic rings. The lowest BCUT2D eigenvalue weighted by Gasteiger charge is -2.16. The monoisotopic (exact) mass is 298 g/mol. The molecule has 1 aromatic rings. The van der Waals surface area contributed by atoms with E-state index in [0.29, 0.717) is 13.0 Å². The van der Waals surface area contributed by atoms with Gasteiger partial charge in [-0.3, -0.25) is 4.79 Å². The first kappa shape index (κ1) is 16.7. The van der Waals surface area contributed by atoms with Gasteiger partial charge in [0.05, 0.1) is 13.5 Å². The summed E-state index contributed by atoms with van der Waals surface area (Å²) in [5, 5.41) is 11.2. The van der Waals surface area contributed by atoms with E-state index in [4.69, 9.17) is 9.84 Å². The van der Waals surface area contributed by atoms with Crippen molar-refractivity contribution in [2.75, 3.05) is 27.2 Å². The minimum atomic E-state index is -0.955. The van der Waals surface area contributed by atoms with Crippen LogP contribution in [-0.4, -0.2) is 49.3 Å². The van der Waals surface area contributed by atoms with Crippen LogP contribution in [0.5, 0.6) is 5.75 Å². The number of ether oxygens (including phenoxy) is 1. The Morgan fingerprint density at radius 1 is 1.43 bits per heavy atom. The van der Waals surface area contributed by atoms with Gasteiger partial charge >= 0.3 is 12.0 Å². The van der Waals surface area contributed by atoms with Crippen molar-refractivity contribution in [2.24, 2.45) is 0 Å². The predicted octanol–water partition coefficient (Wildman–Crippen LogP) is 1.49. The van der Waals surface area contributed by atoms with Crippen molar-refractivity contribution in [1.82, 2.24) is 10.2 Å². The zero-order valence-electron chi connectivity index (χ0n) is 12.1. The number of halogens is 1. The van der Waals surface area contributed by atoms with Crippen molar-refractivity contribution in [3.8, 4) is 5.75 Å². The number of carbonyl (C=O) groups excluding carboxylic acids is 1. The van der Waals surface area contributed by atoms with Crippen LogP contribution in [0.1, 0.15) is 12.0 Å². The summed E-state index contributed by atoms with van der Waals surface area (Å²) in [6, 6.07) is 4.26. The second-order valence-electron chi connectivity index (χ2n) is 4.52. The highest BCUT2D eigenvalue weighted by Crippen LogP contribution is 2.17. The first-order chi connectivity index (χ1) is 9.93. The van der Waals surface area contributed by atoms with Crippen LogP contribution in [0.4, 0.5) is 9.18 Å². The molecule has 0 unspecified atom stereocenters. The molecule has 6 nitrogen and oxygen atoms in total. The Hall–Kier alpha value is -2.31. The van der Waals surface area contributed by atoms with Crippen LogP contribution in [0, 0.1) is 5.82 Å². The van der Waals surface area contributed by atoms with Gasteiger partial charge in [-0.1, -0.05) is 6.07 Å². The fourth-order valence-corrected chi connectivity index (χ4v) is 1.68. The number of carboxylic acids is 1. The van der Waals surface area contributed by atoms with Gasteiger partial charge in [-0.25, -0.2) is 9.18 Å². The summed E-state index contributed by atoms with van der Waals surface area (Å²) in [5.41, 5.74) is 0.738. The number of hydrogen-bond donors (Lipinski definition) is 2. The van der Waals surface area contributed by atoms with Crippen molar-refractivity contribution >= 4 is 12.0 Å². The Morgan fingerprint density at radius 2 is 2.14 bits per heavy atom. The SMILES string of the molecule is COc1ccc(CCNC(=O)N(C)CCC(=O)O)cc1F. The molecule has 0 saturated heterocycles. The van der Waals surface area contributed by atoms with E-state index >= 15 is 0 Å². The molecule has 1 aromatic carbocycles. The number of nitrogens with zero attached hydrogens (tertiary/aromatic N) is 1. The maximum Gasteiger partial charge on any atom is 0.317 e. The Kier molecular flexibility index (Phi) is 6.45. The third-order valence-electron chi connectivity index (χ3n) is 2.91. The lowest BCUT2D eigenvalue weighted by molar-refractivity contribution is -0.137. The molecule has 7 heteroatoms. The second kappa shape index (κ2) is 8.08. The van der Waals surface area contributed by atoms with Gasteiger partial charge in [0.1, 0.15) is 0 Å². The highest BCUT2D eigenvalue weighted by molar-refractivity contribution is 5.74. The number of nitrogens with one attached hydrogen (secondary N) is 1. The Labute approximate surface area is 122 Å². The first-order valence-corrected chi connectivity index (χ1v) is 6.47. The summed E-state index contributed by atoms with van der Waals surface area (Å²) in [5.74, 6) is -1.22. The normalized spacial score (nSPS) is 10.0. The average Bonchev–Trinajstić information content (AvgIpc) is 2.44. The quantitative estimate of drug-likeness (QED) is 0.799. The standard InChI is InChI=1S/C14H19FN2O4/c1-17(8-6-13(18)19)14(20)16-7-5-10-3-4-12(21-2)11(15)9-10/h3-4,9H,5-8H2,1-2H3,(H,16,20)(H,18,19). The van der Waals surface area contributed by atoms with E-state index in [-0.39, 0.29) is 24.7 Å². The highest BCUT2D eigenvalue weighted by Gasteiger charge is 2.09. The average molecular weight is 298 g/mol. The van der Waals surface area contributed by atoms with E-state index < -0.39 is 11.8 Å². The summed E-state index contributed by atoms with van der Waals surface area (Å²) < 4.78 is 18.3. The van der Waals surface area contributed by atoms with Gasteiger partial charge in [-0.2, -0.15) is 0 Å². The van der Waals surface area contributed by atoms with Gasteiger partial charge in [0.2, 0.25) is 0 Å². The van der Waals surface area contributed by atoms with Crippen molar-refractivity contribution in [3.05, 3.63) is 29.6 Å². The van der Waals surface area contributed by atoms with Crippen LogP contribution in [0.25, 0.3) is 0 Å². The molecule has 0 atom stereocenters. The predicted molar refractivity (Wildman–Crippen MR) is 74.9 cm³/mol. The zero-order valence-corrected chi connectivity index (χ0v) is 12.1. The Bertz CT molecular complexity index is 508. The maximum absolute atomic E-state index is 13.5. The Morgan fingerprint density at radius 3 is 2.71 bits per heavy atom. The molecule has 0 fully saturated rings. The fourth-order valence-electron chi connectivity index (χ4n) is 1.68. The molecule has 21 heavy (non-hydrogen) atoms. The molecule has 0 saturated carbocycles. The number of amides is 2. The molecule has 0 spiro atoms. The topological polar surface area (TPSA) is 78.9 Å². The number of hydrogen-bond acceptors (Lipinski definition) is 3. The number of rotatable bonds is 7. The summed E-state index contributed by atoms with van der Waals surface area (Å²) in [6.07, 6.45) is 0.368. The fraction of sp³-hybridized carbons (Fsp3) is 0.429. The number of carbonyl (C=O) groups is 2. The molecule has 0 radical (unpaired) electrons. The second-order valence-corrected chi connectivity index (χ2v) is 4.52. The molecule has 0 heterocycles. The van der Waals surface area contributed by atoms with Crippen LogP contribution >= 0.6 is 0 Å². The van der Waals surface area contributed by atoms with E-state index in [1.807, 2.05) is 0 Å². The van der Waals surface area contributed by atoms with Crippen molar-refractivity contribution in [2.45, 2.75) is 12.8 Å². The van der Waals surface area contributed by atoms with Gasteiger partial charge in [-0.15, -0.1) is 0 Å². The number of urea groups is 1. The number of benzene rings is 1. The summed E-state index contributed by atoms with van der Waals surface area (Å²) >= 11 is 0. The molecule has 1 rings (SSSR count). The molecule has 0 bridgehead atoms. The molecular formula is C14H19FN2O4. The lowest BCUT2D eigenvalue weighted by atomic mass is 10.1. The van der Waals surface area contributed by atoms with Crippen LogP contribution in [0.3, 0.4) is 0 Å². The van der Waals surface area contributed by atoms with Gasteiger partial charge in [0, 0.05) is 20.1 Å². The Balaban J connectivity index is 2.37. The van der Waals surface area contributed by atoms with Gasteiger partial charge in [-0.05, 0) is 24.1 Å². The van der Waals surface area contributed by atoms with Gasteiger partial charge in [0.25, 0.3) is 0 Å². The number of methoxy groups -OCH3 is 1. The number of carboxylic acid groups (broad SMARTS) is 1. The summed E-state index contributed by atoms with van der Waals surface area (Å²) in [4.78, 5) is 23.3. The van der Waals surface area contributed by atoms with E-state index in [1.54, 1.807) is 6.07 Å². The highest BCUT2D eigenvalue weighted by atomic mass is 19.1. The molecule has 2 N–H and O–H groups in total. The minimum absolute atomic E-state index is 0.104. The first-order valence-electron chi connectivity index (χ1n) is 6.47. The van der Waals surface area contributed by atoms with Crippen LogP contribution < -0.4 is 10.1 Å². The van der Waals surface area contributed by atoms with Gasteiger partial charge < -0.3 is 20.1 Å². The van der Waals surface area contributed by atoms with Crippen LogP contribution in [0.15, 0.2) is 18.2 Å². The largest absolute Gasteiger partial charge is 0.494 e. The zero-order chi connectivity index (χ0) is 15.8. The van der Waals surface area contributed by atoms with Crippen molar-refractivity contribution < 1.29 is 23.8 Å². The maximum atomic E-state index is 13.5. The molecule has 0 aromatic heterocycles. The molecule has 0 aliphatic carbocycles. The summed E-state index contributed by atoms with van der Waals surface area (Å²) in [7, 11) is 2.91. The van der Waals surface area contributed by atoms with E-state index in [0.717, 1.165) is 5.56 Å². The van der Waals surface area contributed by atoms with Crippen LogP contribution in [-0.2, 0) is 11.2 Å². The summed E-state index contributed by atoms with van der Waals surface area (Å²) in [6.45, 7) is 0.473. The molecule has 0 aliphatic heterocycles. The number of aliphatic carboxylic acids is 1. The molecule has 116 valence electrons. The van der Waals surface area contributed by atoms with Gasteiger partial charge in [0.15, 0.2) is 11.6 Å². The van der Waals surface area contributed by atoms with E-state index in [2.05, 4.69) is 5.32 Å². The molecule has 2 amide bonds. The third-order valence-corrected chi connectivity index (χ3v) is 2.91. The molecular weight excluding hydrogens is 279 g/mol. The van der Waals surface area contributed by atoms with E-state index in [9.17, 15) is 14.0 Å². The van der Waals surface area contributed by atoms with Crippen molar-refractivity contribution in [1.29, 1.82) is 0 Å².